The van der Waals surface area contributed by atoms with Crippen molar-refractivity contribution >= 4 is 90.7 Å². The molecule has 5 heterocycles. The summed E-state index contributed by atoms with van der Waals surface area (Å²) in [6.07, 6.45) is 0.358. The van der Waals surface area contributed by atoms with Crippen LogP contribution in [0.25, 0.3) is 0 Å². The van der Waals surface area contributed by atoms with Gasteiger partial charge in [0.25, 0.3) is 0 Å². The van der Waals surface area contributed by atoms with E-state index in [0.29, 0.717) is 45.1 Å². The lowest BCUT2D eigenvalue weighted by Gasteiger charge is -2.34. The zero-order valence-corrected chi connectivity index (χ0v) is 49.3. The van der Waals surface area contributed by atoms with Crippen LogP contribution < -0.4 is 43.8 Å². The molecule has 5 aliphatic rings. The lowest BCUT2D eigenvalue weighted by atomic mass is 10.0. The second kappa shape index (κ2) is 32.5. The Bertz CT molecular complexity index is 2650. The Morgan fingerprint density at radius 3 is 1.39 bits per heavy atom. The molecular weight excluding hydrogens is 1170 g/mol. The minimum atomic E-state index is -5.25. The molecule has 5 rings (SSSR count). The van der Waals surface area contributed by atoms with E-state index in [4.69, 9.17) is 17.2 Å². The van der Waals surface area contributed by atoms with Crippen LogP contribution in [-0.4, -0.2) is 245 Å². The molecule has 5 fully saturated rings. The van der Waals surface area contributed by atoms with Crippen LogP contribution in [0.15, 0.2) is 0 Å². The van der Waals surface area contributed by atoms with Gasteiger partial charge in [-0.3, -0.25) is 66.9 Å². The van der Waals surface area contributed by atoms with Gasteiger partial charge in [0.2, 0.25) is 65.0 Å². The molecule has 5 saturated heterocycles. The number of carbonyl (C=O) groups excluding carboxylic acids is 11. The predicted octanol–water partition coefficient (Wildman–Crippen LogP) is -4.97. The van der Waals surface area contributed by atoms with Gasteiger partial charge in [-0.2, -0.15) is 0 Å². The molecule has 11 amide bonds. The summed E-state index contributed by atoms with van der Waals surface area (Å²) in [5.41, 5.74) is 16.9. The topological polar surface area (TPSA) is 521 Å². The average Bonchev–Trinajstić information content (AvgIpc) is 2.09. The van der Waals surface area contributed by atoms with Gasteiger partial charge in [0.1, 0.15) is 60.4 Å². The van der Waals surface area contributed by atoms with Crippen LogP contribution in [0.4, 0.5) is 0 Å². The number of amides is 11. The molecule has 0 aliphatic carbocycles. The normalized spacial score (nSPS) is 22.3. The second-order valence-corrected chi connectivity index (χ2v) is 23.5. The highest BCUT2D eigenvalue weighted by Gasteiger charge is 2.47. The molecule has 34 nitrogen and oxygen atoms in total. The number of hydrogen-bond donors (Lipinski definition) is 13. The SMILES string of the molecule is C[C@H](NC(=O)[C@@H]1CCCN1C(=O)[C@@H]1CCCN1C(=O)[C@H](CCC(=O)O)NC(=O)[C@H](CCC(=O)O)NC(=O)[C@@H](N)CCCCN)C(=O)N1CCC[C@H]1C(=O)N1CCC[C@H]1C(=O)N[C@@H](CCC(N)=O)C(=O)N[C@@H](COP(=O)(O)O)C(=O)N1CCC[C@H]1C(=O)O. The van der Waals surface area contributed by atoms with Crippen LogP contribution in [0.5, 0.6) is 0 Å². The summed E-state index contributed by atoms with van der Waals surface area (Å²) in [5.74, 6) is -13.2. The highest BCUT2D eigenvalue weighted by molar-refractivity contribution is 7.46. The third kappa shape index (κ3) is 19.8. The molecule has 11 atom stereocenters. The third-order valence-electron chi connectivity index (χ3n) is 16.1. The van der Waals surface area contributed by atoms with Crippen LogP contribution in [0.2, 0.25) is 0 Å². The van der Waals surface area contributed by atoms with Crippen molar-refractivity contribution < 1.29 is 101 Å². The largest absolute Gasteiger partial charge is 0.481 e. The van der Waals surface area contributed by atoms with Crippen LogP contribution >= 0.6 is 7.82 Å². The standard InChI is InChI=1S/C52H82N13O21P/c1-28(56-45(74)34-10-4-22-61(34)51(80)37-13-7-25-64(37)48(77)32(17-20-41(69)70)59-43(72)31(16-19-40(67)68)57-42(71)29(54)9-2-3-21-53)47(76)63-24-6-12-36(63)50(79)62-23-5-11-35(62)46(75)58-30(15-18-39(55)66)44(73)60-33(27-86-87(83,84)85)49(78)65-26-8-14-38(65)52(81)82/h28-38H,2-27,53-54H2,1H3,(H2,55,66)(H,56,74)(H,57,71)(H,58,75)(H,59,72)(H,60,73)(H,67,68)(H,69,70)(H,81,82)(H2,83,84,85)/t28-,29-,30-,31-,32-,33-,34-,35-,36-,37-,38-/m0/s1. The van der Waals surface area contributed by atoms with E-state index in [1.165, 1.54) is 26.5 Å². The minimum absolute atomic E-state index is 0.00130. The van der Waals surface area contributed by atoms with Gasteiger partial charge in [0.05, 0.1) is 12.6 Å². The van der Waals surface area contributed by atoms with Crippen molar-refractivity contribution in [2.45, 2.75) is 195 Å². The maximum Gasteiger partial charge on any atom is 0.469 e. The van der Waals surface area contributed by atoms with Crippen molar-refractivity contribution in [1.82, 2.24) is 51.1 Å². The summed E-state index contributed by atoms with van der Waals surface area (Å²) in [6, 6.07) is -14.9. The number of primary amides is 1. The lowest BCUT2D eigenvalue weighted by molar-refractivity contribution is -0.150. The van der Waals surface area contributed by atoms with Gasteiger partial charge in [-0.1, -0.05) is 6.42 Å². The number of carbonyl (C=O) groups is 14. The van der Waals surface area contributed by atoms with Crippen molar-refractivity contribution in [1.29, 1.82) is 0 Å². The van der Waals surface area contributed by atoms with Gasteiger partial charge in [-0.15, -0.1) is 0 Å². The molecule has 0 aromatic heterocycles. The first kappa shape index (κ1) is 70.4. The number of carboxylic acid groups (broad SMARTS) is 3. The molecule has 0 aromatic rings. The van der Waals surface area contributed by atoms with Crippen molar-refractivity contribution in [2.24, 2.45) is 17.2 Å². The Morgan fingerprint density at radius 2 is 0.908 bits per heavy atom. The Morgan fingerprint density at radius 1 is 0.506 bits per heavy atom. The average molecular weight is 1260 g/mol. The lowest BCUT2D eigenvalue weighted by Crippen LogP contribution is -2.60. The van der Waals surface area contributed by atoms with Crippen molar-refractivity contribution in [2.75, 3.05) is 45.9 Å². The Kier molecular flexibility index (Phi) is 26.3. The summed E-state index contributed by atoms with van der Waals surface area (Å²) in [4.78, 5) is 211. The van der Waals surface area contributed by atoms with Gasteiger partial charge in [-0.05, 0) is 110 Å². The molecular formula is C52H82N13O21P. The Balaban J connectivity index is 1.23. The number of aliphatic carboxylic acids is 3. The fourth-order valence-electron chi connectivity index (χ4n) is 11.6. The van der Waals surface area contributed by atoms with E-state index in [2.05, 4.69) is 31.1 Å². The van der Waals surface area contributed by atoms with Crippen molar-refractivity contribution in [3.63, 3.8) is 0 Å². The number of hydrogen-bond acceptors (Lipinski definition) is 18. The molecule has 0 saturated carbocycles. The second-order valence-electron chi connectivity index (χ2n) is 22.3. The monoisotopic (exact) mass is 1260 g/mol. The van der Waals surface area contributed by atoms with Crippen molar-refractivity contribution in [3.8, 4) is 0 Å². The Labute approximate surface area is 500 Å². The number of nitrogens with zero attached hydrogens (tertiary/aromatic N) is 5. The molecule has 0 spiro atoms. The molecule has 0 unspecified atom stereocenters. The molecule has 0 aromatic carbocycles. The maximum absolute atomic E-state index is 14.4. The van der Waals surface area contributed by atoms with Crippen LogP contribution in [0.1, 0.15) is 129 Å². The number of likely N-dealkylation sites (tertiary alicyclic amines) is 5. The summed E-state index contributed by atoms with van der Waals surface area (Å²) in [7, 11) is -5.25. The van der Waals surface area contributed by atoms with E-state index < -0.39 is 202 Å². The molecule has 35 heteroatoms. The fraction of sp³-hybridized carbons (Fsp3) is 0.731. The zero-order chi connectivity index (χ0) is 64.4. The number of nitrogens with two attached hydrogens (primary N) is 3. The Hall–Kier alpha value is -7.39. The first-order valence-corrected chi connectivity index (χ1v) is 30.7. The molecule has 0 bridgehead atoms. The van der Waals surface area contributed by atoms with Crippen LogP contribution in [0, 0.1) is 0 Å². The third-order valence-corrected chi connectivity index (χ3v) is 16.5. The number of phosphoric acid groups is 1. The first-order chi connectivity index (χ1) is 41.0. The highest BCUT2D eigenvalue weighted by atomic mass is 31.2. The van der Waals surface area contributed by atoms with Gasteiger partial charge in [0.15, 0.2) is 0 Å². The molecule has 87 heavy (non-hydrogen) atoms. The first-order valence-electron chi connectivity index (χ1n) is 29.2. The number of nitrogens with one attached hydrogen (secondary N) is 5. The van der Waals surface area contributed by atoms with E-state index >= 15 is 0 Å². The van der Waals surface area contributed by atoms with Gasteiger partial charge < -0.3 is 93.4 Å². The van der Waals surface area contributed by atoms with E-state index in [1.54, 1.807) is 0 Å². The molecule has 0 radical (unpaired) electrons. The smallest absolute Gasteiger partial charge is 0.469 e. The number of rotatable bonds is 32. The van der Waals surface area contributed by atoms with E-state index in [1.807, 2.05) is 0 Å². The van der Waals surface area contributed by atoms with Gasteiger partial charge >= 0.3 is 25.7 Å². The minimum Gasteiger partial charge on any atom is -0.481 e. The zero-order valence-electron chi connectivity index (χ0n) is 48.4. The van der Waals surface area contributed by atoms with Crippen LogP contribution in [-0.2, 0) is 76.2 Å². The molecule has 486 valence electrons. The quantitative estimate of drug-likeness (QED) is 0.0222. The van der Waals surface area contributed by atoms with Gasteiger partial charge in [-0.25, -0.2) is 9.36 Å². The van der Waals surface area contributed by atoms with Gasteiger partial charge in [0, 0.05) is 52.0 Å². The molecule has 16 N–H and O–H groups in total. The number of carboxylic acids is 3. The molecule has 5 aliphatic heterocycles. The highest BCUT2D eigenvalue weighted by Crippen LogP contribution is 2.36. The maximum atomic E-state index is 14.4. The van der Waals surface area contributed by atoms with E-state index in [0.717, 1.165) is 4.90 Å². The van der Waals surface area contributed by atoms with Crippen LogP contribution in [0.3, 0.4) is 0 Å². The predicted molar refractivity (Wildman–Crippen MR) is 298 cm³/mol. The fourth-order valence-corrected chi connectivity index (χ4v) is 11.9. The summed E-state index contributed by atoms with van der Waals surface area (Å²) in [5, 5.41) is 40.9. The van der Waals surface area contributed by atoms with E-state index in [9.17, 15) is 96.8 Å². The number of unbranched alkanes of at least 4 members (excludes halogenated alkanes) is 1. The number of phosphoric ester groups is 1. The van der Waals surface area contributed by atoms with Crippen molar-refractivity contribution in [3.05, 3.63) is 0 Å². The summed E-state index contributed by atoms with van der Waals surface area (Å²) < 4.78 is 16.2. The van der Waals surface area contributed by atoms with E-state index in [-0.39, 0.29) is 77.7 Å². The summed E-state index contributed by atoms with van der Waals surface area (Å²) >= 11 is 0. The summed E-state index contributed by atoms with van der Waals surface area (Å²) in [6.45, 7) is 0.712.